The fourth-order valence-corrected chi connectivity index (χ4v) is 1.16. The van der Waals surface area contributed by atoms with Gasteiger partial charge in [0.25, 0.3) is 0 Å². The van der Waals surface area contributed by atoms with Gasteiger partial charge in [0, 0.05) is 23.3 Å². The molecular formula is C8H6N2O2. The van der Waals surface area contributed by atoms with Crippen molar-refractivity contribution >= 4 is 17.2 Å². The Kier molecular flexibility index (Phi) is 1.33. The van der Waals surface area contributed by atoms with E-state index in [1.54, 1.807) is 12.3 Å². The lowest BCUT2D eigenvalue weighted by molar-refractivity contribution is 0.112. The van der Waals surface area contributed by atoms with Crippen LogP contribution in [-0.4, -0.2) is 21.4 Å². The molecule has 2 heterocycles. The summed E-state index contributed by atoms with van der Waals surface area (Å²) < 4.78 is 0. The van der Waals surface area contributed by atoms with Crippen LogP contribution in [0.25, 0.3) is 10.9 Å². The third-order valence-electron chi connectivity index (χ3n) is 1.74. The van der Waals surface area contributed by atoms with Crippen LogP contribution in [0, 0.1) is 0 Å². The number of hydrogen-bond acceptors (Lipinski definition) is 3. The van der Waals surface area contributed by atoms with Crippen molar-refractivity contribution in [2.45, 2.75) is 0 Å². The second-order valence-corrected chi connectivity index (χ2v) is 2.42. The molecule has 0 bridgehead atoms. The fraction of sp³-hybridized carbons (Fsp3) is 0. The molecule has 4 heteroatoms. The molecule has 2 rings (SSSR count). The van der Waals surface area contributed by atoms with E-state index in [1.807, 2.05) is 0 Å². The van der Waals surface area contributed by atoms with Crippen molar-refractivity contribution in [3.63, 3.8) is 0 Å². The highest BCUT2D eigenvalue weighted by Gasteiger charge is 2.05. The molecule has 2 aromatic rings. The van der Waals surface area contributed by atoms with E-state index >= 15 is 0 Å². The summed E-state index contributed by atoms with van der Waals surface area (Å²) in [5.41, 5.74) is 1.03. The van der Waals surface area contributed by atoms with Crippen LogP contribution in [0.3, 0.4) is 0 Å². The summed E-state index contributed by atoms with van der Waals surface area (Å²) >= 11 is 0. The Morgan fingerprint density at radius 2 is 2.42 bits per heavy atom. The van der Waals surface area contributed by atoms with E-state index in [0.29, 0.717) is 16.5 Å². The van der Waals surface area contributed by atoms with Gasteiger partial charge in [-0.1, -0.05) is 0 Å². The molecule has 2 N–H and O–H groups in total. The van der Waals surface area contributed by atoms with Gasteiger partial charge in [-0.25, -0.2) is 4.98 Å². The standard InChI is InChI=1S/C8H6N2O2/c11-4-5-3-10-7-6(5)1-2-9-8(7)12/h1-4,10H,(H,9,12). The first kappa shape index (κ1) is 6.84. The van der Waals surface area contributed by atoms with E-state index < -0.39 is 0 Å². The maximum Gasteiger partial charge on any atom is 0.235 e. The molecule has 0 aliphatic carbocycles. The van der Waals surface area contributed by atoms with Gasteiger partial charge in [-0.3, -0.25) is 4.79 Å². The maximum absolute atomic E-state index is 10.5. The van der Waals surface area contributed by atoms with Gasteiger partial charge >= 0.3 is 0 Å². The summed E-state index contributed by atoms with van der Waals surface area (Å²) in [6.07, 6.45) is 3.73. The molecule has 0 radical (unpaired) electrons. The number of aromatic hydroxyl groups is 1. The largest absolute Gasteiger partial charge is 0.492 e. The smallest absolute Gasteiger partial charge is 0.235 e. The summed E-state index contributed by atoms with van der Waals surface area (Å²) in [4.78, 5) is 16.9. The predicted molar refractivity (Wildman–Crippen MR) is 43.1 cm³/mol. The van der Waals surface area contributed by atoms with Crippen molar-refractivity contribution < 1.29 is 9.90 Å². The maximum atomic E-state index is 10.5. The zero-order chi connectivity index (χ0) is 8.55. The lowest BCUT2D eigenvalue weighted by atomic mass is 10.2. The third-order valence-corrected chi connectivity index (χ3v) is 1.74. The molecule has 12 heavy (non-hydrogen) atoms. The van der Waals surface area contributed by atoms with E-state index in [9.17, 15) is 9.90 Å². The second-order valence-electron chi connectivity index (χ2n) is 2.42. The number of rotatable bonds is 1. The normalized spacial score (nSPS) is 10.3. The van der Waals surface area contributed by atoms with Crippen LogP contribution in [-0.2, 0) is 0 Å². The molecule has 0 unspecified atom stereocenters. The monoisotopic (exact) mass is 162 g/mol. The number of carbonyl (C=O) groups is 1. The third kappa shape index (κ3) is 0.780. The van der Waals surface area contributed by atoms with Crippen molar-refractivity contribution in [1.29, 1.82) is 0 Å². The van der Waals surface area contributed by atoms with Gasteiger partial charge < -0.3 is 10.1 Å². The van der Waals surface area contributed by atoms with E-state index in [-0.39, 0.29) is 5.88 Å². The van der Waals surface area contributed by atoms with Crippen LogP contribution in [0.5, 0.6) is 5.88 Å². The fourth-order valence-electron chi connectivity index (χ4n) is 1.16. The first-order chi connectivity index (χ1) is 5.83. The zero-order valence-electron chi connectivity index (χ0n) is 6.11. The molecule has 0 aromatic carbocycles. The molecule has 2 aromatic heterocycles. The summed E-state index contributed by atoms with van der Waals surface area (Å²) in [5.74, 6) is -0.0828. The highest BCUT2D eigenvalue weighted by atomic mass is 16.3. The van der Waals surface area contributed by atoms with E-state index in [4.69, 9.17) is 0 Å². The number of hydrogen-bond donors (Lipinski definition) is 2. The van der Waals surface area contributed by atoms with Gasteiger partial charge in [0.05, 0.1) is 0 Å². The molecule has 0 saturated carbocycles. The molecule has 0 atom stereocenters. The Labute approximate surface area is 67.9 Å². The van der Waals surface area contributed by atoms with E-state index in [1.165, 1.54) is 6.20 Å². The van der Waals surface area contributed by atoms with E-state index in [2.05, 4.69) is 9.97 Å². The first-order valence-electron chi connectivity index (χ1n) is 3.43. The molecule has 4 nitrogen and oxygen atoms in total. The number of aldehydes is 1. The number of nitrogens with zero attached hydrogens (tertiary/aromatic N) is 1. The first-order valence-corrected chi connectivity index (χ1v) is 3.43. The predicted octanol–water partition coefficient (Wildman–Crippen LogP) is 1.08. The average Bonchev–Trinajstić information content (AvgIpc) is 2.49. The van der Waals surface area contributed by atoms with Crippen molar-refractivity contribution in [2.75, 3.05) is 0 Å². The Hall–Kier alpha value is -1.84. The van der Waals surface area contributed by atoms with Crippen LogP contribution in [0.4, 0.5) is 0 Å². The van der Waals surface area contributed by atoms with Crippen molar-refractivity contribution in [2.24, 2.45) is 0 Å². The van der Waals surface area contributed by atoms with Crippen LogP contribution < -0.4 is 0 Å². The number of nitrogens with one attached hydrogen (secondary N) is 1. The summed E-state index contributed by atoms with van der Waals surface area (Å²) in [7, 11) is 0. The second kappa shape index (κ2) is 2.34. The number of fused-ring (bicyclic) bond motifs is 1. The van der Waals surface area contributed by atoms with Crippen molar-refractivity contribution in [3.05, 3.63) is 24.0 Å². The number of H-pyrrole nitrogens is 1. The quantitative estimate of drug-likeness (QED) is 0.616. The van der Waals surface area contributed by atoms with Gasteiger partial charge in [-0.2, -0.15) is 0 Å². The van der Waals surface area contributed by atoms with Crippen molar-refractivity contribution in [3.8, 4) is 5.88 Å². The topological polar surface area (TPSA) is 66.0 Å². The minimum atomic E-state index is -0.0828. The van der Waals surface area contributed by atoms with Gasteiger partial charge in [-0.05, 0) is 6.07 Å². The molecular weight excluding hydrogens is 156 g/mol. The minimum Gasteiger partial charge on any atom is -0.492 e. The number of aromatic amines is 1. The van der Waals surface area contributed by atoms with E-state index in [0.717, 1.165) is 6.29 Å². The summed E-state index contributed by atoms with van der Waals surface area (Å²) in [6, 6.07) is 1.68. The van der Waals surface area contributed by atoms with Crippen LogP contribution >= 0.6 is 0 Å². The molecule has 0 fully saturated rings. The van der Waals surface area contributed by atoms with Gasteiger partial charge in [0.1, 0.15) is 5.52 Å². The van der Waals surface area contributed by atoms with Gasteiger partial charge in [0.15, 0.2) is 6.29 Å². The molecule has 0 amide bonds. The molecule has 60 valence electrons. The summed E-state index contributed by atoms with van der Waals surface area (Å²) in [5, 5.41) is 9.91. The van der Waals surface area contributed by atoms with Crippen molar-refractivity contribution in [1.82, 2.24) is 9.97 Å². The lowest BCUT2D eigenvalue weighted by Gasteiger charge is -1.91. The Bertz CT molecular complexity index is 434. The number of pyridine rings is 1. The zero-order valence-corrected chi connectivity index (χ0v) is 6.11. The van der Waals surface area contributed by atoms with Crippen LogP contribution in [0.2, 0.25) is 0 Å². The van der Waals surface area contributed by atoms with Gasteiger partial charge in [-0.15, -0.1) is 0 Å². The summed E-state index contributed by atoms with van der Waals surface area (Å²) in [6.45, 7) is 0. The average molecular weight is 162 g/mol. The highest BCUT2D eigenvalue weighted by molar-refractivity contribution is 5.98. The molecule has 0 aliphatic rings. The highest BCUT2D eigenvalue weighted by Crippen LogP contribution is 2.22. The van der Waals surface area contributed by atoms with Crippen LogP contribution in [0.1, 0.15) is 10.4 Å². The Morgan fingerprint density at radius 1 is 1.58 bits per heavy atom. The lowest BCUT2D eigenvalue weighted by Crippen LogP contribution is -1.77. The number of carbonyl (C=O) groups excluding carboxylic acids is 1. The Morgan fingerprint density at radius 3 is 3.17 bits per heavy atom. The molecule has 0 aliphatic heterocycles. The molecule has 0 spiro atoms. The van der Waals surface area contributed by atoms with Gasteiger partial charge in [0.2, 0.25) is 5.88 Å². The van der Waals surface area contributed by atoms with Crippen LogP contribution in [0.15, 0.2) is 18.5 Å². The molecule has 0 saturated heterocycles. The number of aromatic nitrogens is 2. The SMILES string of the molecule is O=Cc1c[nH]c2c(O)nccc12. The Balaban J connectivity index is 2.88. The minimum absolute atomic E-state index is 0.0828.